The largest absolute Gasteiger partial charge is 0.464 e. The standard InChI is InChI=1S/C13H13N3O4/c1-19-13(18)11-10(14-8-15-11)12(17)16-20-7-9-5-3-2-4-6-9/h2-6,8H,7H2,1H3,(H,14,15)(H,16,17). The highest BCUT2D eigenvalue weighted by molar-refractivity contribution is 6.02. The van der Waals surface area contributed by atoms with Crippen LogP contribution in [0, 0.1) is 0 Å². The monoisotopic (exact) mass is 275 g/mol. The maximum atomic E-state index is 11.8. The predicted molar refractivity (Wildman–Crippen MR) is 68.6 cm³/mol. The highest BCUT2D eigenvalue weighted by Crippen LogP contribution is 2.05. The van der Waals surface area contributed by atoms with Crippen LogP contribution in [0.5, 0.6) is 0 Å². The van der Waals surface area contributed by atoms with Gasteiger partial charge in [-0.05, 0) is 5.56 Å². The van der Waals surface area contributed by atoms with Gasteiger partial charge in [0.25, 0.3) is 5.91 Å². The van der Waals surface area contributed by atoms with Crippen molar-refractivity contribution in [3.05, 3.63) is 53.6 Å². The van der Waals surface area contributed by atoms with E-state index < -0.39 is 11.9 Å². The van der Waals surface area contributed by atoms with Gasteiger partial charge in [-0.25, -0.2) is 15.3 Å². The van der Waals surface area contributed by atoms with Crippen molar-refractivity contribution in [1.82, 2.24) is 15.4 Å². The van der Waals surface area contributed by atoms with Crippen LogP contribution in [0.25, 0.3) is 0 Å². The Morgan fingerprint density at radius 3 is 2.75 bits per heavy atom. The third-order valence-corrected chi connectivity index (χ3v) is 2.49. The summed E-state index contributed by atoms with van der Waals surface area (Å²) in [6.45, 7) is 0.213. The second kappa shape index (κ2) is 6.48. The number of imidazole rings is 1. The average molecular weight is 275 g/mol. The number of amides is 1. The number of ether oxygens (including phenoxy) is 1. The van der Waals surface area contributed by atoms with E-state index in [-0.39, 0.29) is 18.0 Å². The molecule has 0 radical (unpaired) electrons. The molecule has 0 aliphatic rings. The summed E-state index contributed by atoms with van der Waals surface area (Å²) in [4.78, 5) is 34.6. The van der Waals surface area contributed by atoms with Crippen LogP contribution in [0.4, 0.5) is 0 Å². The average Bonchev–Trinajstić information content (AvgIpc) is 2.97. The molecule has 1 aromatic heterocycles. The number of hydrogen-bond acceptors (Lipinski definition) is 5. The number of benzene rings is 1. The number of esters is 1. The van der Waals surface area contributed by atoms with Crippen LogP contribution in [0.15, 0.2) is 36.7 Å². The Hall–Kier alpha value is -2.67. The number of hydroxylamine groups is 1. The normalized spacial score (nSPS) is 10.1. The van der Waals surface area contributed by atoms with E-state index in [0.29, 0.717) is 0 Å². The van der Waals surface area contributed by atoms with Gasteiger partial charge in [0.15, 0.2) is 11.4 Å². The molecular formula is C13H13N3O4. The van der Waals surface area contributed by atoms with E-state index >= 15 is 0 Å². The van der Waals surface area contributed by atoms with Crippen LogP contribution in [-0.4, -0.2) is 29.0 Å². The number of aromatic amines is 1. The number of carbonyl (C=O) groups excluding carboxylic acids is 2. The summed E-state index contributed by atoms with van der Waals surface area (Å²) in [5.41, 5.74) is 3.03. The highest BCUT2D eigenvalue weighted by atomic mass is 16.6. The minimum Gasteiger partial charge on any atom is -0.464 e. The molecule has 1 heterocycles. The number of nitrogens with one attached hydrogen (secondary N) is 2. The van der Waals surface area contributed by atoms with E-state index in [9.17, 15) is 9.59 Å². The fourth-order valence-electron chi connectivity index (χ4n) is 1.53. The van der Waals surface area contributed by atoms with Crippen molar-refractivity contribution in [2.24, 2.45) is 0 Å². The number of methoxy groups -OCH3 is 1. The molecule has 2 aromatic rings. The van der Waals surface area contributed by atoms with Gasteiger partial charge >= 0.3 is 5.97 Å². The second-order valence-corrected chi connectivity index (χ2v) is 3.82. The van der Waals surface area contributed by atoms with E-state index in [0.717, 1.165) is 5.56 Å². The maximum absolute atomic E-state index is 11.8. The van der Waals surface area contributed by atoms with E-state index in [2.05, 4.69) is 20.2 Å². The van der Waals surface area contributed by atoms with Gasteiger partial charge in [-0.1, -0.05) is 30.3 Å². The zero-order valence-corrected chi connectivity index (χ0v) is 10.8. The molecule has 20 heavy (non-hydrogen) atoms. The molecule has 1 aromatic carbocycles. The lowest BCUT2D eigenvalue weighted by Gasteiger charge is -2.05. The molecule has 7 heteroatoms. The SMILES string of the molecule is COC(=O)c1[nH]cnc1C(=O)NOCc1ccccc1. The zero-order chi connectivity index (χ0) is 14.4. The molecule has 0 fully saturated rings. The summed E-state index contributed by atoms with van der Waals surface area (Å²) >= 11 is 0. The molecular weight excluding hydrogens is 262 g/mol. The van der Waals surface area contributed by atoms with Gasteiger partial charge in [0, 0.05) is 0 Å². The quantitative estimate of drug-likeness (QED) is 0.628. The summed E-state index contributed by atoms with van der Waals surface area (Å²) in [5.74, 6) is -1.29. The lowest BCUT2D eigenvalue weighted by Crippen LogP contribution is -2.26. The molecule has 0 aliphatic carbocycles. The molecule has 1 amide bonds. The van der Waals surface area contributed by atoms with Gasteiger partial charge in [-0.2, -0.15) is 0 Å². The molecule has 0 aliphatic heterocycles. The minimum absolute atomic E-state index is 0.0201. The third kappa shape index (κ3) is 3.21. The Kier molecular flexibility index (Phi) is 4.46. The van der Waals surface area contributed by atoms with Crippen LogP contribution in [-0.2, 0) is 16.2 Å². The van der Waals surface area contributed by atoms with Crippen molar-refractivity contribution in [3.8, 4) is 0 Å². The predicted octanol–water partition coefficient (Wildman–Crippen LogP) is 1.06. The third-order valence-electron chi connectivity index (χ3n) is 2.49. The summed E-state index contributed by atoms with van der Waals surface area (Å²) in [6, 6.07) is 9.34. The first-order chi connectivity index (χ1) is 9.72. The molecule has 104 valence electrons. The Morgan fingerprint density at radius 1 is 1.30 bits per heavy atom. The van der Waals surface area contributed by atoms with Crippen molar-refractivity contribution in [2.75, 3.05) is 7.11 Å². The van der Waals surface area contributed by atoms with Gasteiger partial charge in [0.05, 0.1) is 20.0 Å². The number of aromatic nitrogens is 2. The summed E-state index contributed by atoms with van der Waals surface area (Å²) in [6.07, 6.45) is 1.23. The van der Waals surface area contributed by atoms with Crippen LogP contribution in [0.2, 0.25) is 0 Å². The Bertz CT molecular complexity index is 595. The molecule has 2 N–H and O–H groups in total. The van der Waals surface area contributed by atoms with E-state index in [1.54, 1.807) is 0 Å². The number of nitrogens with zero attached hydrogens (tertiary/aromatic N) is 1. The van der Waals surface area contributed by atoms with Crippen LogP contribution in [0.1, 0.15) is 26.5 Å². The van der Waals surface area contributed by atoms with E-state index in [1.807, 2.05) is 30.3 Å². The number of carbonyl (C=O) groups is 2. The smallest absolute Gasteiger partial charge is 0.356 e. The maximum Gasteiger partial charge on any atom is 0.356 e. The zero-order valence-electron chi connectivity index (χ0n) is 10.8. The molecule has 0 saturated heterocycles. The number of hydrogen-bond donors (Lipinski definition) is 2. The number of rotatable bonds is 5. The van der Waals surface area contributed by atoms with E-state index in [1.165, 1.54) is 13.4 Å². The molecule has 2 rings (SSSR count). The highest BCUT2D eigenvalue weighted by Gasteiger charge is 2.20. The van der Waals surface area contributed by atoms with Crippen LogP contribution in [0.3, 0.4) is 0 Å². The Balaban J connectivity index is 1.92. The lowest BCUT2D eigenvalue weighted by atomic mass is 10.2. The van der Waals surface area contributed by atoms with Crippen molar-refractivity contribution in [1.29, 1.82) is 0 Å². The van der Waals surface area contributed by atoms with Crippen molar-refractivity contribution in [2.45, 2.75) is 6.61 Å². The van der Waals surface area contributed by atoms with Gasteiger partial charge in [-0.3, -0.25) is 9.63 Å². The van der Waals surface area contributed by atoms with Crippen molar-refractivity contribution < 1.29 is 19.2 Å². The van der Waals surface area contributed by atoms with Gasteiger partial charge < -0.3 is 9.72 Å². The van der Waals surface area contributed by atoms with Crippen LogP contribution >= 0.6 is 0 Å². The first-order valence-electron chi connectivity index (χ1n) is 5.80. The lowest BCUT2D eigenvalue weighted by molar-refractivity contribution is 0.0226. The fourth-order valence-corrected chi connectivity index (χ4v) is 1.53. The number of H-pyrrole nitrogens is 1. The van der Waals surface area contributed by atoms with E-state index in [4.69, 9.17) is 4.84 Å². The topological polar surface area (TPSA) is 93.3 Å². The van der Waals surface area contributed by atoms with Gasteiger partial charge in [0.2, 0.25) is 0 Å². The molecule has 0 atom stereocenters. The van der Waals surface area contributed by atoms with Crippen molar-refractivity contribution in [3.63, 3.8) is 0 Å². The molecule has 0 spiro atoms. The molecule has 0 saturated carbocycles. The summed E-state index contributed by atoms with van der Waals surface area (Å²) in [7, 11) is 1.22. The Morgan fingerprint density at radius 2 is 2.05 bits per heavy atom. The summed E-state index contributed by atoms with van der Waals surface area (Å²) < 4.78 is 4.53. The first-order valence-corrected chi connectivity index (χ1v) is 5.80. The first kappa shape index (κ1) is 13.8. The molecule has 7 nitrogen and oxygen atoms in total. The summed E-state index contributed by atoms with van der Waals surface area (Å²) in [5, 5.41) is 0. The minimum atomic E-state index is -0.671. The van der Waals surface area contributed by atoms with Crippen molar-refractivity contribution >= 4 is 11.9 Å². The molecule has 0 unspecified atom stereocenters. The second-order valence-electron chi connectivity index (χ2n) is 3.82. The van der Waals surface area contributed by atoms with Gasteiger partial charge in [0.1, 0.15) is 0 Å². The Labute approximate surface area is 114 Å². The fraction of sp³-hybridized carbons (Fsp3) is 0.154. The van der Waals surface area contributed by atoms with Crippen LogP contribution < -0.4 is 5.48 Å². The van der Waals surface area contributed by atoms with Gasteiger partial charge in [-0.15, -0.1) is 0 Å². The molecule has 0 bridgehead atoms.